The average Bonchev–Trinajstić information content (AvgIpc) is 3.10. The molecule has 0 aliphatic carbocycles. The van der Waals surface area contributed by atoms with Gasteiger partial charge in [0.1, 0.15) is 30.9 Å². The molecule has 0 spiro atoms. The number of nitrogens with zero attached hydrogens (tertiary/aromatic N) is 4. The smallest absolute Gasteiger partial charge is 0.330 e. The Bertz CT molecular complexity index is 767. The number of aliphatic hydroxyl groups excluding tert-OH is 2. The molecule has 10 heteroatoms. The first kappa shape index (κ1) is 14.6. The Labute approximate surface area is 123 Å². The van der Waals surface area contributed by atoms with E-state index in [0.717, 1.165) is 0 Å². The first-order chi connectivity index (χ1) is 10.5. The van der Waals surface area contributed by atoms with Crippen LogP contribution in [0.2, 0.25) is 0 Å². The van der Waals surface area contributed by atoms with Crippen molar-refractivity contribution in [1.29, 1.82) is 0 Å². The number of aliphatic hydroxyl groups is 2. The fourth-order valence-electron chi connectivity index (χ4n) is 2.54. The van der Waals surface area contributed by atoms with Crippen LogP contribution >= 0.6 is 0 Å². The summed E-state index contributed by atoms with van der Waals surface area (Å²) in [4.78, 5) is 29.5. The molecule has 0 bridgehead atoms. The molecule has 0 aromatic carbocycles. The molecule has 2 aromatic heterocycles. The second-order valence-corrected chi connectivity index (χ2v) is 5.08. The molecule has 4 atom stereocenters. The standard InChI is InChI=1S/C12H15N5O5/c1-6-2-16(12(21)15-10(6)20)11-8(17-5-13-4-14-17)9(19)7(3-18)22-11/h2,4-5,7-9,11,18-19H,3H2,1H3,(H,15,20,21)/t7-,8?,9-,11-/m1/s1. The number of H-pyrrole nitrogens is 1. The van der Waals surface area contributed by atoms with Crippen LogP contribution in [0.5, 0.6) is 0 Å². The van der Waals surface area contributed by atoms with Crippen LogP contribution in [0.4, 0.5) is 0 Å². The zero-order valence-electron chi connectivity index (χ0n) is 11.7. The molecule has 0 saturated carbocycles. The minimum absolute atomic E-state index is 0.322. The van der Waals surface area contributed by atoms with Crippen LogP contribution < -0.4 is 11.2 Å². The Morgan fingerprint density at radius 1 is 1.45 bits per heavy atom. The first-order valence-electron chi connectivity index (χ1n) is 6.63. The van der Waals surface area contributed by atoms with E-state index in [-0.39, 0.29) is 0 Å². The van der Waals surface area contributed by atoms with Gasteiger partial charge in [-0.2, -0.15) is 5.10 Å². The maximum absolute atomic E-state index is 12.0. The van der Waals surface area contributed by atoms with Gasteiger partial charge in [-0.25, -0.2) is 14.5 Å². The van der Waals surface area contributed by atoms with Gasteiger partial charge >= 0.3 is 5.69 Å². The van der Waals surface area contributed by atoms with Crippen molar-refractivity contribution in [2.75, 3.05) is 6.61 Å². The topological polar surface area (TPSA) is 135 Å². The van der Waals surface area contributed by atoms with E-state index >= 15 is 0 Å². The Balaban J connectivity index is 2.09. The molecule has 22 heavy (non-hydrogen) atoms. The molecule has 0 amide bonds. The predicted molar refractivity (Wildman–Crippen MR) is 72.1 cm³/mol. The van der Waals surface area contributed by atoms with Crippen molar-refractivity contribution in [2.24, 2.45) is 0 Å². The third kappa shape index (κ3) is 2.26. The van der Waals surface area contributed by atoms with Crippen molar-refractivity contribution in [2.45, 2.75) is 31.4 Å². The normalized spacial score (nSPS) is 28.1. The van der Waals surface area contributed by atoms with E-state index in [1.165, 1.54) is 28.1 Å². The maximum atomic E-state index is 12.0. The van der Waals surface area contributed by atoms with E-state index in [1.54, 1.807) is 6.92 Å². The minimum Gasteiger partial charge on any atom is -0.394 e. The minimum atomic E-state index is -1.09. The number of aromatic amines is 1. The summed E-state index contributed by atoms with van der Waals surface area (Å²) in [5, 5.41) is 23.6. The molecule has 0 radical (unpaired) electrons. The number of aryl methyl sites for hydroxylation is 1. The molecule has 1 aliphatic heterocycles. The largest absolute Gasteiger partial charge is 0.394 e. The summed E-state index contributed by atoms with van der Waals surface area (Å²) in [5.74, 6) is 0. The van der Waals surface area contributed by atoms with E-state index in [2.05, 4.69) is 15.1 Å². The van der Waals surface area contributed by atoms with Crippen molar-refractivity contribution in [3.8, 4) is 0 Å². The summed E-state index contributed by atoms with van der Waals surface area (Å²) in [6.07, 6.45) is 1.12. The van der Waals surface area contributed by atoms with Crippen molar-refractivity contribution in [3.05, 3.63) is 45.3 Å². The van der Waals surface area contributed by atoms with E-state index in [1.807, 2.05) is 0 Å². The summed E-state index contributed by atoms with van der Waals surface area (Å²) in [6, 6.07) is -0.761. The molecule has 1 fully saturated rings. The highest BCUT2D eigenvalue weighted by atomic mass is 16.5. The van der Waals surface area contributed by atoms with Crippen molar-refractivity contribution < 1.29 is 14.9 Å². The zero-order chi connectivity index (χ0) is 15.9. The highest BCUT2D eigenvalue weighted by Gasteiger charge is 2.46. The van der Waals surface area contributed by atoms with Gasteiger partial charge in [0, 0.05) is 11.8 Å². The molecule has 3 heterocycles. The van der Waals surface area contributed by atoms with Crippen molar-refractivity contribution in [1.82, 2.24) is 24.3 Å². The summed E-state index contributed by atoms with van der Waals surface area (Å²) < 4.78 is 8.10. The Hall–Kier alpha value is -2.30. The van der Waals surface area contributed by atoms with Crippen molar-refractivity contribution >= 4 is 0 Å². The first-order valence-corrected chi connectivity index (χ1v) is 6.63. The second-order valence-electron chi connectivity index (χ2n) is 5.08. The lowest BCUT2D eigenvalue weighted by molar-refractivity contribution is -0.0480. The lowest BCUT2D eigenvalue weighted by Gasteiger charge is -2.21. The van der Waals surface area contributed by atoms with Gasteiger partial charge in [0.2, 0.25) is 0 Å². The number of hydrogen-bond donors (Lipinski definition) is 3. The SMILES string of the molecule is Cc1cn([C@@H]2O[C@H](CO)[C@@H](O)C2n2cncn2)c(=O)[nH]c1=O. The monoisotopic (exact) mass is 309 g/mol. The summed E-state index contributed by atoms with van der Waals surface area (Å²) in [7, 11) is 0. The summed E-state index contributed by atoms with van der Waals surface area (Å²) in [5.41, 5.74) is -0.838. The molecule has 1 aliphatic rings. The van der Waals surface area contributed by atoms with Crippen LogP contribution in [0, 0.1) is 6.92 Å². The van der Waals surface area contributed by atoms with E-state index in [0.29, 0.717) is 5.56 Å². The molecule has 118 valence electrons. The molecule has 2 aromatic rings. The lowest BCUT2D eigenvalue weighted by Crippen LogP contribution is -2.37. The van der Waals surface area contributed by atoms with Crippen molar-refractivity contribution in [3.63, 3.8) is 0 Å². The number of rotatable bonds is 3. The lowest BCUT2D eigenvalue weighted by atomic mass is 10.1. The maximum Gasteiger partial charge on any atom is 0.330 e. The molecular formula is C12H15N5O5. The number of hydrogen-bond acceptors (Lipinski definition) is 7. The summed E-state index contributed by atoms with van der Waals surface area (Å²) >= 11 is 0. The van der Waals surface area contributed by atoms with Crippen LogP contribution in [0.25, 0.3) is 0 Å². The van der Waals surface area contributed by atoms with Crippen LogP contribution in [0.1, 0.15) is 17.8 Å². The van der Waals surface area contributed by atoms with Crippen LogP contribution in [-0.2, 0) is 4.74 Å². The highest BCUT2D eigenvalue weighted by Crippen LogP contribution is 2.36. The van der Waals surface area contributed by atoms with Gasteiger partial charge in [-0.3, -0.25) is 14.3 Å². The number of aromatic nitrogens is 5. The number of ether oxygens (including phenoxy) is 1. The fraction of sp³-hybridized carbons (Fsp3) is 0.500. The fourth-order valence-corrected chi connectivity index (χ4v) is 2.54. The molecule has 3 rings (SSSR count). The Kier molecular flexibility index (Phi) is 3.64. The third-order valence-corrected chi connectivity index (χ3v) is 3.68. The van der Waals surface area contributed by atoms with Gasteiger partial charge in [-0.15, -0.1) is 0 Å². The summed E-state index contributed by atoms with van der Waals surface area (Å²) in [6.45, 7) is 1.13. The predicted octanol–water partition coefficient (Wildman–Crippen LogP) is -2.07. The molecule has 1 saturated heterocycles. The van der Waals surface area contributed by atoms with Gasteiger partial charge in [-0.1, -0.05) is 0 Å². The number of nitrogens with one attached hydrogen (secondary N) is 1. The van der Waals surface area contributed by atoms with Gasteiger partial charge in [0.05, 0.1) is 6.61 Å². The third-order valence-electron chi connectivity index (χ3n) is 3.68. The quantitative estimate of drug-likeness (QED) is 0.592. The van der Waals surface area contributed by atoms with Gasteiger partial charge < -0.3 is 14.9 Å². The van der Waals surface area contributed by atoms with Crippen LogP contribution in [0.15, 0.2) is 28.4 Å². The van der Waals surface area contributed by atoms with Crippen LogP contribution in [-0.4, -0.2) is 53.3 Å². The molecule has 1 unspecified atom stereocenters. The van der Waals surface area contributed by atoms with Crippen LogP contribution in [0.3, 0.4) is 0 Å². The van der Waals surface area contributed by atoms with Gasteiger partial charge in [0.15, 0.2) is 6.23 Å². The second kappa shape index (κ2) is 5.48. The van der Waals surface area contributed by atoms with E-state index < -0.39 is 42.3 Å². The average molecular weight is 309 g/mol. The Morgan fingerprint density at radius 3 is 2.86 bits per heavy atom. The molecule has 3 N–H and O–H groups in total. The Morgan fingerprint density at radius 2 is 2.23 bits per heavy atom. The zero-order valence-corrected chi connectivity index (χ0v) is 11.7. The van der Waals surface area contributed by atoms with E-state index in [4.69, 9.17) is 4.74 Å². The van der Waals surface area contributed by atoms with Gasteiger partial charge in [-0.05, 0) is 6.92 Å². The van der Waals surface area contributed by atoms with E-state index in [9.17, 15) is 19.8 Å². The molecular weight excluding hydrogens is 294 g/mol. The van der Waals surface area contributed by atoms with Gasteiger partial charge in [0.25, 0.3) is 5.56 Å². The molecule has 10 nitrogen and oxygen atoms in total. The highest BCUT2D eigenvalue weighted by molar-refractivity contribution is 5.03.